The van der Waals surface area contributed by atoms with Gasteiger partial charge in [-0.2, -0.15) is 0 Å². The van der Waals surface area contributed by atoms with E-state index >= 15 is 0 Å². The van der Waals surface area contributed by atoms with E-state index in [0.717, 1.165) is 29.8 Å². The Labute approximate surface area is 272 Å². The Morgan fingerprint density at radius 3 is 1.91 bits per heavy atom. The molecular formula is C35H41NO8SSi. The summed E-state index contributed by atoms with van der Waals surface area (Å²) < 4.78 is 47.5. The van der Waals surface area contributed by atoms with Gasteiger partial charge in [0.25, 0.3) is 18.3 Å². The number of aryl methyl sites for hydroxylation is 1. The summed E-state index contributed by atoms with van der Waals surface area (Å²) in [6.07, 6.45) is -2.34. The minimum Gasteiger partial charge on any atom is -0.454 e. The van der Waals surface area contributed by atoms with Gasteiger partial charge in [-0.3, -0.25) is 9.59 Å². The summed E-state index contributed by atoms with van der Waals surface area (Å²) in [6, 6.07) is 24.0. The summed E-state index contributed by atoms with van der Waals surface area (Å²) in [4.78, 5) is 38.9. The molecule has 11 heteroatoms. The second-order valence-corrected chi connectivity index (χ2v) is 18.5. The maximum Gasteiger partial charge on any atom is 0.350 e. The van der Waals surface area contributed by atoms with Gasteiger partial charge in [-0.05, 0) is 40.9 Å². The molecule has 0 radical (unpaired) electrons. The zero-order chi connectivity index (χ0) is 33.9. The zero-order valence-electron chi connectivity index (χ0n) is 27.0. The molecular weight excluding hydrogens is 623 g/mol. The normalized spacial score (nSPS) is 19.2. The largest absolute Gasteiger partial charge is 0.454 e. The lowest BCUT2D eigenvalue weighted by Gasteiger charge is -2.46. The number of nitrogens with zero attached hydrogens (tertiary/aromatic N) is 1. The molecule has 0 spiro atoms. The van der Waals surface area contributed by atoms with Crippen LogP contribution in [0.1, 0.15) is 46.6 Å². The van der Waals surface area contributed by atoms with Gasteiger partial charge in [0.05, 0.1) is 11.0 Å². The van der Waals surface area contributed by atoms with Crippen LogP contribution < -0.4 is 10.4 Å². The fourth-order valence-electron chi connectivity index (χ4n) is 6.13. The maximum atomic E-state index is 14.2. The van der Waals surface area contributed by atoms with Gasteiger partial charge in [0.15, 0.2) is 6.10 Å². The van der Waals surface area contributed by atoms with Crippen LogP contribution >= 0.6 is 0 Å². The first-order chi connectivity index (χ1) is 21.6. The molecule has 1 aliphatic heterocycles. The molecule has 1 heterocycles. The Bertz CT molecular complexity index is 1630. The highest BCUT2D eigenvalue weighted by Crippen LogP contribution is 2.41. The molecule has 9 nitrogen and oxygen atoms in total. The molecule has 244 valence electrons. The van der Waals surface area contributed by atoms with Crippen molar-refractivity contribution >= 4 is 46.6 Å². The second-order valence-electron chi connectivity index (χ2n) is 12.4. The van der Waals surface area contributed by atoms with Crippen LogP contribution in [0.4, 0.5) is 0 Å². The molecule has 0 bridgehead atoms. The summed E-state index contributed by atoms with van der Waals surface area (Å²) in [7, 11) is -7.86. The van der Waals surface area contributed by atoms with Gasteiger partial charge in [-0.15, -0.1) is 6.58 Å². The smallest absolute Gasteiger partial charge is 0.350 e. The average Bonchev–Trinajstić information content (AvgIpc) is 3.29. The molecule has 3 aromatic carbocycles. The van der Waals surface area contributed by atoms with Crippen molar-refractivity contribution in [1.82, 2.24) is 4.31 Å². The first-order valence-electron chi connectivity index (χ1n) is 15.0. The number of hydrogen-bond acceptors (Lipinski definition) is 8. The zero-order valence-corrected chi connectivity index (χ0v) is 28.8. The van der Waals surface area contributed by atoms with Gasteiger partial charge in [-0.1, -0.05) is 105 Å². The summed E-state index contributed by atoms with van der Waals surface area (Å²) in [5, 5.41) is 1.39. The molecule has 0 N–H and O–H groups in total. The number of hydrogen-bond donors (Lipinski definition) is 0. The van der Waals surface area contributed by atoms with E-state index in [-0.39, 0.29) is 11.3 Å². The predicted octanol–water partition coefficient (Wildman–Crippen LogP) is 4.28. The average molecular weight is 664 g/mol. The number of benzene rings is 3. The molecule has 4 atom stereocenters. The highest BCUT2D eigenvalue weighted by molar-refractivity contribution is 7.89. The Hall–Kier alpha value is -4.06. The predicted molar refractivity (Wildman–Crippen MR) is 177 cm³/mol. The van der Waals surface area contributed by atoms with Crippen LogP contribution in [0.15, 0.2) is 102 Å². The third-order valence-electron chi connectivity index (χ3n) is 8.09. The van der Waals surface area contributed by atoms with Crippen molar-refractivity contribution in [3.8, 4) is 0 Å². The summed E-state index contributed by atoms with van der Waals surface area (Å²) in [5.74, 6) is -2.69. The molecule has 0 aromatic heterocycles. The summed E-state index contributed by atoms with van der Waals surface area (Å²) >= 11 is 0. The van der Waals surface area contributed by atoms with Gasteiger partial charge in [0, 0.05) is 13.8 Å². The molecule has 1 fully saturated rings. The molecule has 46 heavy (non-hydrogen) atoms. The minimum absolute atomic E-state index is 0.127. The van der Waals surface area contributed by atoms with E-state index in [0.29, 0.717) is 4.31 Å². The number of amides is 1. The van der Waals surface area contributed by atoms with Crippen molar-refractivity contribution in [3.05, 3.63) is 103 Å². The van der Waals surface area contributed by atoms with Crippen molar-refractivity contribution < 1.29 is 36.7 Å². The maximum absolute atomic E-state index is 14.2. The summed E-state index contributed by atoms with van der Waals surface area (Å²) in [5.41, 5.74) is 0.813. The van der Waals surface area contributed by atoms with Gasteiger partial charge in [0.2, 0.25) is 12.0 Å². The van der Waals surface area contributed by atoms with Gasteiger partial charge in [-0.25, -0.2) is 17.5 Å². The Balaban J connectivity index is 1.96. The number of ether oxygens (including phenoxy) is 2. The molecule has 0 saturated carbocycles. The minimum atomic E-state index is -4.56. The Kier molecular flexibility index (Phi) is 10.4. The van der Waals surface area contributed by atoms with Crippen molar-refractivity contribution in [2.75, 3.05) is 0 Å². The van der Waals surface area contributed by atoms with Crippen LogP contribution in [0.2, 0.25) is 5.04 Å². The second kappa shape index (κ2) is 13.7. The molecule has 4 rings (SSSR count). The molecule has 1 amide bonds. The summed E-state index contributed by atoms with van der Waals surface area (Å²) in [6.45, 7) is 14.1. The number of rotatable bonds is 11. The molecule has 0 aliphatic carbocycles. The van der Waals surface area contributed by atoms with Crippen LogP contribution in [0, 0.1) is 6.92 Å². The first-order valence-corrected chi connectivity index (χ1v) is 18.4. The van der Waals surface area contributed by atoms with E-state index in [1.807, 2.05) is 60.7 Å². The number of cyclic esters (lactones) is 1. The van der Waals surface area contributed by atoms with Crippen molar-refractivity contribution in [2.45, 2.75) is 82.3 Å². The topological polar surface area (TPSA) is 116 Å². The fourth-order valence-corrected chi connectivity index (χ4v) is 12.4. The third-order valence-corrected chi connectivity index (χ3v) is 15.0. The highest BCUT2D eigenvalue weighted by atomic mass is 32.2. The van der Waals surface area contributed by atoms with E-state index in [4.69, 9.17) is 13.9 Å². The standard InChI is InChI=1S/C35H41NO8SSi/c1-8-15-30(44-46(35(5,6)7,28-16-11-9-12-17-28)29-18-13-10-14-19-29)32-31(33(34(39)43-32)42-26(4)38)36(25(3)37)45(40,41)27-22-20-24(2)21-23-27/h8-14,16-23,30-33H,1,15H2,2-7H3/t30-,31+,32+,33-/m0/s1. The number of sulfonamides is 1. The third kappa shape index (κ3) is 6.72. The lowest BCUT2D eigenvalue weighted by molar-refractivity contribution is -0.161. The van der Waals surface area contributed by atoms with E-state index < -0.39 is 65.6 Å². The van der Waals surface area contributed by atoms with Gasteiger partial charge in [0.1, 0.15) is 6.04 Å². The molecule has 1 aliphatic rings. The first kappa shape index (κ1) is 34.8. The molecule has 0 unspecified atom stereocenters. The Morgan fingerprint density at radius 2 is 1.48 bits per heavy atom. The highest BCUT2D eigenvalue weighted by Gasteiger charge is 2.60. The number of carbonyl (C=O) groups is 3. The molecule has 1 saturated heterocycles. The van der Waals surface area contributed by atoms with Crippen LogP contribution in [0.25, 0.3) is 0 Å². The number of carbonyl (C=O) groups excluding carboxylic acids is 3. The van der Waals surface area contributed by atoms with Gasteiger partial charge >= 0.3 is 11.9 Å². The van der Waals surface area contributed by atoms with E-state index in [1.165, 1.54) is 12.1 Å². The SMILES string of the molecule is C=CC[C@H](O[Si](c1ccccc1)(c1ccccc1)C(C)(C)C)[C@H]1OC(=O)[C@@H](OC(C)=O)[C@@H]1N(C(C)=O)S(=O)(=O)c1ccc(C)cc1. The van der Waals surface area contributed by atoms with Crippen LogP contribution in [-0.2, 0) is 38.3 Å². The lowest BCUT2D eigenvalue weighted by Crippen LogP contribution is -2.69. The quantitative estimate of drug-likeness (QED) is 0.170. The van der Waals surface area contributed by atoms with Crippen molar-refractivity contribution in [1.29, 1.82) is 0 Å². The Morgan fingerprint density at radius 1 is 0.957 bits per heavy atom. The van der Waals surface area contributed by atoms with E-state index in [2.05, 4.69) is 27.4 Å². The van der Waals surface area contributed by atoms with Crippen molar-refractivity contribution in [3.63, 3.8) is 0 Å². The van der Waals surface area contributed by atoms with Crippen LogP contribution in [0.5, 0.6) is 0 Å². The van der Waals surface area contributed by atoms with Crippen LogP contribution in [0.3, 0.4) is 0 Å². The van der Waals surface area contributed by atoms with Crippen LogP contribution in [-0.4, -0.2) is 63.2 Å². The van der Waals surface area contributed by atoms with E-state index in [9.17, 15) is 22.8 Å². The van der Waals surface area contributed by atoms with Crippen molar-refractivity contribution in [2.24, 2.45) is 0 Å². The lowest BCUT2D eigenvalue weighted by atomic mass is 10.0. The monoisotopic (exact) mass is 663 g/mol. The van der Waals surface area contributed by atoms with Gasteiger partial charge < -0.3 is 13.9 Å². The molecule has 3 aromatic rings. The fraction of sp³-hybridized carbons (Fsp3) is 0.343. The van der Waals surface area contributed by atoms with E-state index in [1.54, 1.807) is 25.1 Å². The number of esters is 2.